The van der Waals surface area contributed by atoms with Gasteiger partial charge in [-0.2, -0.15) is 0 Å². The summed E-state index contributed by atoms with van der Waals surface area (Å²) in [5.74, 6) is -0.640. The van der Waals surface area contributed by atoms with E-state index in [1.165, 1.54) is 0 Å². The number of piperidine rings is 1. The topological polar surface area (TPSA) is 119 Å². The van der Waals surface area contributed by atoms with Gasteiger partial charge in [0, 0.05) is 57.8 Å². The van der Waals surface area contributed by atoms with Crippen molar-refractivity contribution in [3.8, 4) is 0 Å². The zero-order chi connectivity index (χ0) is 22.5. The summed E-state index contributed by atoms with van der Waals surface area (Å²) in [5.41, 5.74) is 11.0. The number of rotatable bonds is 3. The summed E-state index contributed by atoms with van der Waals surface area (Å²) in [4.78, 5) is 33.1. The summed E-state index contributed by atoms with van der Waals surface area (Å²) >= 11 is 0. The van der Waals surface area contributed by atoms with Crippen molar-refractivity contribution in [2.75, 3.05) is 49.5 Å². The normalized spacial score (nSPS) is 31.8. The zero-order valence-electron chi connectivity index (χ0n) is 18.3. The summed E-state index contributed by atoms with van der Waals surface area (Å²) in [7, 11) is 0. The van der Waals surface area contributed by atoms with Crippen molar-refractivity contribution >= 4 is 23.2 Å². The molecule has 1 aromatic heterocycles. The van der Waals surface area contributed by atoms with E-state index in [0.29, 0.717) is 5.69 Å². The van der Waals surface area contributed by atoms with Crippen LogP contribution in [0.2, 0.25) is 0 Å². The maximum atomic E-state index is 13.7. The first kappa shape index (κ1) is 21.5. The lowest BCUT2D eigenvalue weighted by Crippen LogP contribution is -2.61. The summed E-state index contributed by atoms with van der Waals surface area (Å²) in [6, 6.07) is 1.92. The van der Waals surface area contributed by atoms with Gasteiger partial charge in [0.15, 0.2) is 0 Å². The van der Waals surface area contributed by atoms with Gasteiger partial charge in [-0.05, 0) is 18.9 Å². The molecule has 0 aromatic carbocycles. The molecule has 4 aliphatic rings. The Balaban J connectivity index is 1.25. The first-order valence-electron chi connectivity index (χ1n) is 11.3. The highest BCUT2D eigenvalue weighted by Gasteiger charge is 2.48. The van der Waals surface area contributed by atoms with Gasteiger partial charge in [0.1, 0.15) is 6.17 Å². The molecule has 0 saturated carbocycles. The van der Waals surface area contributed by atoms with Gasteiger partial charge in [0.05, 0.1) is 35.8 Å². The predicted octanol–water partition coefficient (Wildman–Crippen LogP) is -0.543. The maximum Gasteiger partial charge on any atom is 0.233 e. The third kappa shape index (κ3) is 3.83. The van der Waals surface area contributed by atoms with E-state index in [0.717, 1.165) is 44.7 Å². The highest BCUT2D eigenvalue weighted by Crippen LogP contribution is 2.42. The lowest BCUT2D eigenvalue weighted by Gasteiger charge is -2.54. The van der Waals surface area contributed by atoms with E-state index in [-0.39, 0.29) is 36.5 Å². The molecule has 0 bridgehead atoms. The molecule has 4 saturated heterocycles. The van der Waals surface area contributed by atoms with Crippen molar-refractivity contribution in [3.63, 3.8) is 0 Å². The Morgan fingerprint density at radius 2 is 2.06 bits per heavy atom. The van der Waals surface area contributed by atoms with Crippen molar-refractivity contribution in [3.05, 3.63) is 18.5 Å². The maximum absolute atomic E-state index is 13.7. The van der Waals surface area contributed by atoms with Gasteiger partial charge in [-0.25, -0.2) is 14.8 Å². The molecule has 2 amide bonds. The van der Waals surface area contributed by atoms with Crippen molar-refractivity contribution in [1.29, 1.82) is 0 Å². The van der Waals surface area contributed by atoms with Crippen LogP contribution in [0.3, 0.4) is 0 Å². The predicted molar refractivity (Wildman–Crippen MR) is 117 cm³/mol. The Labute approximate surface area is 186 Å². The number of fused-ring (bicyclic) bond motifs is 1. The van der Waals surface area contributed by atoms with Crippen LogP contribution in [0.4, 0.5) is 15.8 Å². The van der Waals surface area contributed by atoms with Gasteiger partial charge in [0.25, 0.3) is 0 Å². The molecule has 1 aromatic rings. The molecule has 4 fully saturated rings. The molecule has 4 unspecified atom stereocenters. The SMILES string of the molecule is CC(=O)N1CC2(CCN(c3ccncc3NC(=O)C3C(N)NN4CC(F)CNC34)CC2)C1. The molecular weight excluding hydrogens is 415 g/mol. The number of hydrogen-bond acceptors (Lipinski definition) is 8. The van der Waals surface area contributed by atoms with Crippen LogP contribution in [0.5, 0.6) is 0 Å². The average Bonchev–Trinajstić information content (AvgIpc) is 3.07. The Bertz CT molecular complexity index is 884. The molecule has 4 aliphatic heterocycles. The van der Waals surface area contributed by atoms with Gasteiger partial charge < -0.3 is 20.9 Å². The van der Waals surface area contributed by atoms with E-state index in [1.54, 1.807) is 24.3 Å². The number of hydrazine groups is 1. The van der Waals surface area contributed by atoms with Crippen LogP contribution < -0.4 is 26.7 Å². The number of amides is 2. The van der Waals surface area contributed by atoms with Crippen LogP contribution in [-0.4, -0.2) is 84.5 Å². The number of aromatic nitrogens is 1. The molecule has 0 radical (unpaired) electrons. The number of carbonyl (C=O) groups is 2. The molecule has 5 N–H and O–H groups in total. The number of halogens is 1. The molecule has 11 heteroatoms. The number of hydrogen-bond donors (Lipinski definition) is 4. The van der Waals surface area contributed by atoms with E-state index in [1.807, 2.05) is 11.0 Å². The lowest BCUT2D eigenvalue weighted by atomic mass is 9.72. The number of nitrogens with one attached hydrogen (secondary N) is 3. The van der Waals surface area contributed by atoms with Gasteiger partial charge in [-0.15, -0.1) is 0 Å². The molecule has 5 heterocycles. The van der Waals surface area contributed by atoms with Crippen molar-refractivity contribution in [1.82, 2.24) is 25.6 Å². The summed E-state index contributed by atoms with van der Waals surface area (Å²) in [5, 5.41) is 7.78. The van der Waals surface area contributed by atoms with Crippen molar-refractivity contribution < 1.29 is 14.0 Å². The van der Waals surface area contributed by atoms with Crippen LogP contribution in [0.1, 0.15) is 19.8 Å². The third-order valence-electron chi connectivity index (χ3n) is 7.34. The van der Waals surface area contributed by atoms with Crippen LogP contribution in [0.15, 0.2) is 18.5 Å². The second kappa shape index (κ2) is 8.22. The summed E-state index contributed by atoms with van der Waals surface area (Å²) < 4.78 is 13.7. The second-order valence-electron chi connectivity index (χ2n) is 9.53. The third-order valence-corrected chi connectivity index (χ3v) is 7.34. The summed E-state index contributed by atoms with van der Waals surface area (Å²) in [6.45, 7) is 5.42. The highest BCUT2D eigenvalue weighted by atomic mass is 19.1. The van der Waals surface area contributed by atoms with Crippen LogP contribution in [-0.2, 0) is 9.59 Å². The number of alkyl halides is 1. The number of likely N-dealkylation sites (tertiary alicyclic amines) is 1. The summed E-state index contributed by atoms with van der Waals surface area (Å²) in [6.07, 6.45) is 3.45. The van der Waals surface area contributed by atoms with E-state index in [4.69, 9.17) is 5.73 Å². The Morgan fingerprint density at radius 3 is 2.78 bits per heavy atom. The lowest BCUT2D eigenvalue weighted by molar-refractivity contribution is -0.142. The van der Waals surface area contributed by atoms with Crippen LogP contribution in [0.25, 0.3) is 0 Å². The average molecular weight is 447 g/mol. The van der Waals surface area contributed by atoms with E-state index >= 15 is 0 Å². The molecule has 174 valence electrons. The Hall–Kier alpha value is -2.34. The minimum absolute atomic E-state index is 0.143. The first-order valence-corrected chi connectivity index (χ1v) is 11.3. The molecule has 0 aliphatic carbocycles. The number of carbonyl (C=O) groups excluding carboxylic acids is 2. The quantitative estimate of drug-likeness (QED) is 0.489. The fourth-order valence-electron chi connectivity index (χ4n) is 5.48. The fourth-order valence-corrected chi connectivity index (χ4v) is 5.48. The molecule has 1 spiro atoms. The Morgan fingerprint density at radius 1 is 1.31 bits per heavy atom. The first-order chi connectivity index (χ1) is 15.3. The number of anilines is 2. The molecule has 32 heavy (non-hydrogen) atoms. The Kier molecular flexibility index (Phi) is 5.52. The van der Waals surface area contributed by atoms with Crippen molar-refractivity contribution in [2.24, 2.45) is 17.1 Å². The van der Waals surface area contributed by atoms with Gasteiger partial charge in [-0.1, -0.05) is 0 Å². The number of nitrogens with zero attached hydrogens (tertiary/aromatic N) is 4. The van der Waals surface area contributed by atoms with Gasteiger partial charge in [0.2, 0.25) is 11.8 Å². The monoisotopic (exact) mass is 446 g/mol. The van der Waals surface area contributed by atoms with Crippen LogP contribution >= 0.6 is 0 Å². The second-order valence-corrected chi connectivity index (χ2v) is 9.53. The van der Waals surface area contributed by atoms with Gasteiger partial charge in [-0.3, -0.25) is 19.9 Å². The fraction of sp³-hybridized carbons (Fsp3) is 0.667. The largest absolute Gasteiger partial charge is 0.370 e. The van der Waals surface area contributed by atoms with Crippen molar-refractivity contribution in [2.45, 2.75) is 38.3 Å². The minimum atomic E-state index is -1.00. The van der Waals surface area contributed by atoms with Crippen LogP contribution in [0, 0.1) is 11.3 Å². The minimum Gasteiger partial charge on any atom is -0.370 e. The van der Waals surface area contributed by atoms with E-state index in [9.17, 15) is 14.0 Å². The number of pyridine rings is 1. The molecular formula is C21H31FN8O2. The molecule has 10 nitrogen and oxygen atoms in total. The smallest absolute Gasteiger partial charge is 0.233 e. The van der Waals surface area contributed by atoms with E-state index < -0.39 is 18.3 Å². The van der Waals surface area contributed by atoms with E-state index in [2.05, 4.69) is 25.9 Å². The molecule has 4 atom stereocenters. The van der Waals surface area contributed by atoms with Gasteiger partial charge >= 0.3 is 0 Å². The highest BCUT2D eigenvalue weighted by molar-refractivity contribution is 5.96. The molecule has 5 rings (SSSR count). The number of nitrogens with two attached hydrogens (primary N) is 1. The zero-order valence-corrected chi connectivity index (χ0v) is 18.3. The standard InChI is InChI=1S/C21H31FN8O2/c1-13(31)29-11-21(12-29)3-6-28(7-4-21)16-2-5-24-9-15(16)26-20(32)17-18(23)27-30-10-14(22)8-25-19(17)30/h2,5,9,14,17-19,25,27H,3-4,6-8,10-12,23H2,1H3,(H,26,32).